The first kappa shape index (κ1) is 8.63. The second-order valence-corrected chi connectivity index (χ2v) is 2.83. The van der Waals surface area contributed by atoms with Gasteiger partial charge < -0.3 is 5.73 Å². The maximum Gasteiger partial charge on any atom is 0.349 e. The Morgan fingerprint density at radius 3 is 2.50 bits per heavy atom. The van der Waals surface area contributed by atoms with Crippen LogP contribution in [-0.4, -0.2) is 15.0 Å². The number of rotatable bonds is 1. The van der Waals surface area contributed by atoms with Crippen LogP contribution in [0, 0.1) is 0 Å². The predicted molar refractivity (Wildman–Crippen MR) is 41.2 cm³/mol. The van der Waals surface area contributed by atoms with Crippen molar-refractivity contribution in [3.8, 4) is 0 Å². The molecule has 0 fully saturated rings. The molecule has 1 rings (SSSR count). The molecular weight excluding hydrogens is 163 g/mol. The SMILES string of the molecule is CC(C)(F)c1nc(N)nc(=O)[nH]1. The second-order valence-electron chi connectivity index (χ2n) is 2.83. The fourth-order valence-corrected chi connectivity index (χ4v) is 0.682. The molecule has 0 aliphatic rings. The number of alkyl halides is 1. The summed E-state index contributed by atoms with van der Waals surface area (Å²) < 4.78 is 13.2. The number of hydrogen-bond donors (Lipinski definition) is 2. The van der Waals surface area contributed by atoms with Crippen LogP contribution in [0.1, 0.15) is 19.7 Å². The van der Waals surface area contributed by atoms with E-state index in [0.29, 0.717) is 0 Å². The van der Waals surface area contributed by atoms with Gasteiger partial charge in [-0.25, -0.2) is 9.18 Å². The number of nitrogen functional groups attached to an aromatic ring is 1. The molecule has 5 nitrogen and oxygen atoms in total. The molecule has 0 radical (unpaired) electrons. The van der Waals surface area contributed by atoms with Crippen molar-refractivity contribution in [3.63, 3.8) is 0 Å². The summed E-state index contributed by atoms with van der Waals surface area (Å²) in [6, 6.07) is 0. The molecule has 1 aromatic rings. The highest BCUT2D eigenvalue weighted by molar-refractivity contribution is 5.14. The molecule has 0 saturated heterocycles. The van der Waals surface area contributed by atoms with Crippen LogP contribution < -0.4 is 11.4 Å². The van der Waals surface area contributed by atoms with E-state index in [0.717, 1.165) is 0 Å². The molecule has 0 atom stereocenters. The van der Waals surface area contributed by atoms with E-state index in [9.17, 15) is 9.18 Å². The third-order valence-electron chi connectivity index (χ3n) is 1.23. The summed E-state index contributed by atoms with van der Waals surface area (Å²) in [5.41, 5.74) is 2.74. The Balaban J connectivity index is 3.27. The lowest BCUT2D eigenvalue weighted by Crippen LogP contribution is -2.24. The van der Waals surface area contributed by atoms with Gasteiger partial charge in [-0.15, -0.1) is 0 Å². The van der Waals surface area contributed by atoms with E-state index in [-0.39, 0.29) is 11.8 Å². The topological polar surface area (TPSA) is 84.7 Å². The molecule has 12 heavy (non-hydrogen) atoms. The van der Waals surface area contributed by atoms with E-state index in [1.807, 2.05) is 0 Å². The standard InChI is InChI=1S/C6H9FN4O/c1-6(2,7)3-9-4(8)11-5(12)10-3/h1-2H3,(H3,8,9,10,11,12). The van der Waals surface area contributed by atoms with Crippen LogP contribution in [0.25, 0.3) is 0 Å². The first-order valence-electron chi connectivity index (χ1n) is 3.33. The molecule has 1 heterocycles. The number of nitrogens with zero attached hydrogens (tertiary/aromatic N) is 2. The van der Waals surface area contributed by atoms with Crippen molar-refractivity contribution in [1.29, 1.82) is 0 Å². The predicted octanol–water partition coefficient (Wildman–Crippen LogP) is -0.0483. The van der Waals surface area contributed by atoms with Crippen molar-refractivity contribution in [2.75, 3.05) is 5.73 Å². The van der Waals surface area contributed by atoms with Crippen molar-refractivity contribution in [2.24, 2.45) is 0 Å². The highest BCUT2D eigenvalue weighted by atomic mass is 19.1. The molecule has 0 unspecified atom stereocenters. The van der Waals surface area contributed by atoms with Gasteiger partial charge in [0, 0.05) is 0 Å². The lowest BCUT2D eigenvalue weighted by atomic mass is 10.1. The highest BCUT2D eigenvalue weighted by Crippen LogP contribution is 2.19. The number of H-pyrrole nitrogens is 1. The summed E-state index contributed by atoms with van der Waals surface area (Å²) in [6.07, 6.45) is 0. The second kappa shape index (κ2) is 2.54. The number of anilines is 1. The largest absolute Gasteiger partial charge is 0.368 e. The third kappa shape index (κ3) is 1.77. The summed E-state index contributed by atoms with van der Waals surface area (Å²) in [5, 5.41) is 0. The fraction of sp³-hybridized carbons (Fsp3) is 0.500. The lowest BCUT2D eigenvalue weighted by Gasteiger charge is -2.11. The maximum atomic E-state index is 13.2. The Morgan fingerprint density at radius 2 is 2.08 bits per heavy atom. The smallest absolute Gasteiger partial charge is 0.349 e. The minimum Gasteiger partial charge on any atom is -0.368 e. The molecule has 0 bridgehead atoms. The Kier molecular flexibility index (Phi) is 1.83. The minimum absolute atomic E-state index is 0.111. The van der Waals surface area contributed by atoms with Gasteiger partial charge >= 0.3 is 5.69 Å². The molecule has 6 heteroatoms. The van der Waals surface area contributed by atoms with Gasteiger partial charge in [-0.05, 0) is 13.8 Å². The Labute approximate surface area is 67.9 Å². The van der Waals surface area contributed by atoms with Gasteiger partial charge in [0.2, 0.25) is 5.95 Å². The van der Waals surface area contributed by atoms with Crippen molar-refractivity contribution in [1.82, 2.24) is 15.0 Å². The molecule has 0 aromatic carbocycles. The van der Waals surface area contributed by atoms with Gasteiger partial charge in [0.25, 0.3) is 0 Å². The van der Waals surface area contributed by atoms with Crippen molar-refractivity contribution in [2.45, 2.75) is 19.5 Å². The monoisotopic (exact) mass is 172 g/mol. The van der Waals surface area contributed by atoms with Gasteiger partial charge in [0.1, 0.15) is 0 Å². The summed E-state index contributed by atoms with van der Waals surface area (Å²) >= 11 is 0. The minimum atomic E-state index is -1.71. The van der Waals surface area contributed by atoms with Crippen molar-refractivity contribution in [3.05, 3.63) is 16.3 Å². The van der Waals surface area contributed by atoms with Crippen molar-refractivity contribution >= 4 is 5.95 Å². The van der Waals surface area contributed by atoms with Crippen LogP contribution in [0.2, 0.25) is 0 Å². The number of nitrogens with one attached hydrogen (secondary N) is 1. The molecule has 0 amide bonds. The number of nitrogens with two attached hydrogens (primary N) is 1. The zero-order chi connectivity index (χ0) is 9.35. The summed E-state index contributed by atoms with van der Waals surface area (Å²) in [7, 11) is 0. The van der Waals surface area contributed by atoms with Gasteiger partial charge in [0.05, 0.1) is 0 Å². The van der Waals surface area contributed by atoms with Crippen LogP contribution in [0.3, 0.4) is 0 Å². The number of aromatic amines is 1. The van der Waals surface area contributed by atoms with Gasteiger partial charge in [-0.2, -0.15) is 9.97 Å². The highest BCUT2D eigenvalue weighted by Gasteiger charge is 2.22. The van der Waals surface area contributed by atoms with E-state index >= 15 is 0 Å². The number of halogens is 1. The molecule has 0 aliphatic heterocycles. The zero-order valence-electron chi connectivity index (χ0n) is 6.76. The zero-order valence-corrected chi connectivity index (χ0v) is 6.76. The molecule has 1 aromatic heterocycles. The van der Waals surface area contributed by atoms with Crippen LogP contribution in [-0.2, 0) is 5.67 Å². The van der Waals surface area contributed by atoms with E-state index < -0.39 is 11.4 Å². The Hall–Kier alpha value is -1.46. The normalized spacial score (nSPS) is 11.6. The van der Waals surface area contributed by atoms with E-state index in [4.69, 9.17) is 5.73 Å². The number of aromatic nitrogens is 3. The fourth-order valence-electron chi connectivity index (χ4n) is 0.682. The van der Waals surface area contributed by atoms with Crippen LogP contribution in [0.4, 0.5) is 10.3 Å². The first-order valence-corrected chi connectivity index (χ1v) is 3.33. The first-order chi connectivity index (χ1) is 5.39. The maximum absolute atomic E-state index is 13.2. The van der Waals surface area contributed by atoms with Gasteiger partial charge in [-0.1, -0.05) is 0 Å². The average molecular weight is 172 g/mol. The molecular formula is C6H9FN4O. The quantitative estimate of drug-likeness (QED) is 0.622. The van der Waals surface area contributed by atoms with Crippen LogP contribution >= 0.6 is 0 Å². The van der Waals surface area contributed by atoms with E-state index in [1.165, 1.54) is 13.8 Å². The molecule has 0 aliphatic carbocycles. The summed E-state index contributed by atoms with van der Waals surface area (Å²) in [5.74, 6) is -0.334. The summed E-state index contributed by atoms with van der Waals surface area (Å²) in [6.45, 7) is 2.54. The van der Waals surface area contributed by atoms with Crippen molar-refractivity contribution < 1.29 is 4.39 Å². The average Bonchev–Trinajstić information content (AvgIpc) is 1.82. The van der Waals surface area contributed by atoms with E-state index in [1.54, 1.807) is 0 Å². The van der Waals surface area contributed by atoms with Gasteiger partial charge in [-0.3, -0.25) is 4.98 Å². The summed E-state index contributed by atoms with van der Waals surface area (Å²) in [4.78, 5) is 19.6. The molecule has 0 saturated carbocycles. The molecule has 0 spiro atoms. The Morgan fingerprint density at radius 1 is 1.50 bits per heavy atom. The van der Waals surface area contributed by atoms with Crippen LogP contribution in [0.5, 0.6) is 0 Å². The van der Waals surface area contributed by atoms with Crippen LogP contribution in [0.15, 0.2) is 4.79 Å². The van der Waals surface area contributed by atoms with Gasteiger partial charge in [0.15, 0.2) is 11.5 Å². The molecule has 3 N–H and O–H groups in total. The van der Waals surface area contributed by atoms with E-state index in [2.05, 4.69) is 15.0 Å². The third-order valence-corrected chi connectivity index (χ3v) is 1.23. The Bertz CT molecular complexity index is 340. The lowest BCUT2D eigenvalue weighted by molar-refractivity contribution is 0.205. The molecule has 66 valence electrons. The number of hydrogen-bond acceptors (Lipinski definition) is 4.